The standard InChI is InChI=1S/C22H20BrClN2O5/c1-2-3-8-18(26-20(28)14-6-4-5-7-15(14)21(26)29)22(30)31-12-19(27)25-13-9-10-16(23)17(24)11-13/h4-7,9-11,18H,2-3,8,12H2,1H3,(H,25,27)/t18-/m0/s1. The van der Waals surface area contributed by atoms with Crippen LogP contribution in [0.25, 0.3) is 0 Å². The Hall–Kier alpha value is -2.71. The number of amides is 3. The summed E-state index contributed by atoms with van der Waals surface area (Å²) in [5, 5.41) is 3.00. The summed E-state index contributed by atoms with van der Waals surface area (Å²) in [7, 11) is 0. The van der Waals surface area contributed by atoms with Crippen LogP contribution >= 0.6 is 27.5 Å². The fourth-order valence-electron chi connectivity index (χ4n) is 3.24. The molecule has 31 heavy (non-hydrogen) atoms. The smallest absolute Gasteiger partial charge is 0.329 e. The number of hydrogen-bond donors (Lipinski definition) is 1. The maximum absolute atomic E-state index is 12.8. The molecule has 0 unspecified atom stereocenters. The molecule has 2 aromatic carbocycles. The lowest BCUT2D eigenvalue weighted by Crippen LogP contribution is -2.46. The Morgan fingerprint density at radius 2 is 1.77 bits per heavy atom. The van der Waals surface area contributed by atoms with Crippen molar-refractivity contribution in [3.8, 4) is 0 Å². The number of halogens is 2. The van der Waals surface area contributed by atoms with Crippen LogP contribution in [0.2, 0.25) is 5.02 Å². The monoisotopic (exact) mass is 506 g/mol. The van der Waals surface area contributed by atoms with Gasteiger partial charge in [-0.05, 0) is 52.7 Å². The van der Waals surface area contributed by atoms with Crippen LogP contribution < -0.4 is 5.32 Å². The topological polar surface area (TPSA) is 92.8 Å². The van der Waals surface area contributed by atoms with Crippen molar-refractivity contribution in [1.29, 1.82) is 0 Å². The number of rotatable bonds is 8. The molecule has 0 radical (unpaired) electrons. The number of carbonyl (C=O) groups is 4. The Morgan fingerprint density at radius 3 is 2.35 bits per heavy atom. The molecule has 0 fully saturated rings. The summed E-state index contributed by atoms with van der Waals surface area (Å²) < 4.78 is 5.84. The molecule has 1 N–H and O–H groups in total. The Kier molecular flexibility index (Phi) is 7.46. The van der Waals surface area contributed by atoms with Crippen molar-refractivity contribution in [2.24, 2.45) is 0 Å². The summed E-state index contributed by atoms with van der Waals surface area (Å²) in [6.07, 6.45) is 1.62. The summed E-state index contributed by atoms with van der Waals surface area (Å²) in [5.41, 5.74) is 0.954. The normalized spacial score (nSPS) is 13.7. The van der Waals surface area contributed by atoms with Crippen molar-refractivity contribution in [1.82, 2.24) is 4.90 Å². The SMILES string of the molecule is CCCC[C@@H](C(=O)OCC(=O)Nc1ccc(Br)c(Cl)c1)N1C(=O)c2ccccc2C1=O. The van der Waals surface area contributed by atoms with Crippen molar-refractivity contribution < 1.29 is 23.9 Å². The first-order valence-corrected chi connectivity index (χ1v) is 10.9. The van der Waals surface area contributed by atoms with Gasteiger partial charge in [0.1, 0.15) is 6.04 Å². The second-order valence-electron chi connectivity index (χ2n) is 6.97. The van der Waals surface area contributed by atoms with Crippen LogP contribution in [0.5, 0.6) is 0 Å². The molecule has 2 aromatic rings. The minimum atomic E-state index is -1.10. The lowest BCUT2D eigenvalue weighted by atomic mass is 10.1. The summed E-state index contributed by atoms with van der Waals surface area (Å²) in [4.78, 5) is 51.4. The van der Waals surface area contributed by atoms with Gasteiger partial charge in [0.05, 0.1) is 16.1 Å². The maximum Gasteiger partial charge on any atom is 0.329 e. The number of esters is 1. The molecule has 3 amide bonds. The highest BCUT2D eigenvalue weighted by Crippen LogP contribution is 2.27. The second-order valence-corrected chi connectivity index (χ2v) is 8.23. The number of nitrogens with one attached hydrogen (secondary N) is 1. The largest absolute Gasteiger partial charge is 0.454 e. The predicted molar refractivity (Wildman–Crippen MR) is 119 cm³/mol. The van der Waals surface area contributed by atoms with Crippen LogP contribution in [-0.4, -0.2) is 41.2 Å². The van der Waals surface area contributed by atoms with E-state index in [9.17, 15) is 19.2 Å². The molecule has 1 aliphatic heterocycles. The molecule has 0 aromatic heterocycles. The molecule has 1 aliphatic rings. The fourth-order valence-corrected chi connectivity index (χ4v) is 3.67. The van der Waals surface area contributed by atoms with E-state index >= 15 is 0 Å². The average Bonchev–Trinajstić information content (AvgIpc) is 3.00. The molecule has 0 aliphatic carbocycles. The zero-order chi connectivity index (χ0) is 22.5. The van der Waals surface area contributed by atoms with E-state index in [1.807, 2.05) is 6.92 Å². The van der Waals surface area contributed by atoms with E-state index < -0.39 is 36.3 Å². The minimum absolute atomic E-state index is 0.255. The highest BCUT2D eigenvalue weighted by Gasteiger charge is 2.43. The molecule has 3 rings (SSSR count). The first-order chi connectivity index (χ1) is 14.8. The van der Waals surface area contributed by atoms with Gasteiger partial charge in [-0.25, -0.2) is 4.79 Å². The first kappa shape index (κ1) is 23.0. The number of imide groups is 1. The van der Waals surface area contributed by atoms with Crippen molar-refractivity contribution in [3.63, 3.8) is 0 Å². The van der Waals surface area contributed by atoms with Gasteiger partial charge in [0.15, 0.2) is 6.61 Å². The van der Waals surface area contributed by atoms with Crippen molar-refractivity contribution in [2.45, 2.75) is 32.2 Å². The number of fused-ring (bicyclic) bond motifs is 1. The Labute approximate surface area is 192 Å². The van der Waals surface area contributed by atoms with Gasteiger partial charge in [-0.1, -0.05) is 43.5 Å². The van der Waals surface area contributed by atoms with Crippen LogP contribution in [0, 0.1) is 0 Å². The van der Waals surface area contributed by atoms with Gasteiger partial charge in [-0.15, -0.1) is 0 Å². The highest BCUT2D eigenvalue weighted by molar-refractivity contribution is 9.10. The van der Waals surface area contributed by atoms with Crippen LogP contribution in [0.1, 0.15) is 46.9 Å². The van der Waals surface area contributed by atoms with Gasteiger partial charge >= 0.3 is 5.97 Å². The first-order valence-electron chi connectivity index (χ1n) is 9.72. The fraction of sp³-hybridized carbons (Fsp3) is 0.273. The van der Waals surface area contributed by atoms with E-state index in [0.717, 1.165) is 11.3 Å². The third-order valence-electron chi connectivity index (χ3n) is 4.79. The lowest BCUT2D eigenvalue weighted by Gasteiger charge is -2.24. The van der Waals surface area contributed by atoms with Gasteiger partial charge < -0.3 is 10.1 Å². The van der Waals surface area contributed by atoms with Crippen molar-refractivity contribution >= 4 is 56.9 Å². The summed E-state index contributed by atoms with van der Waals surface area (Å²) in [6.45, 7) is 1.37. The number of carbonyl (C=O) groups excluding carboxylic acids is 4. The predicted octanol–water partition coefficient (Wildman–Crippen LogP) is 4.44. The van der Waals surface area contributed by atoms with E-state index in [1.165, 1.54) is 0 Å². The Balaban J connectivity index is 1.68. The summed E-state index contributed by atoms with van der Waals surface area (Å²) in [5.74, 6) is -2.43. The molecule has 7 nitrogen and oxygen atoms in total. The maximum atomic E-state index is 12.8. The van der Waals surface area contributed by atoms with E-state index in [1.54, 1.807) is 42.5 Å². The minimum Gasteiger partial charge on any atom is -0.454 e. The van der Waals surface area contributed by atoms with Crippen LogP contribution in [-0.2, 0) is 14.3 Å². The molecule has 1 heterocycles. The number of ether oxygens (including phenoxy) is 1. The number of anilines is 1. The van der Waals surface area contributed by atoms with E-state index in [0.29, 0.717) is 21.6 Å². The van der Waals surface area contributed by atoms with E-state index in [-0.39, 0.29) is 17.5 Å². The zero-order valence-electron chi connectivity index (χ0n) is 16.7. The molecule has 0 spiro atoms. The highest BCUT2D eigenvalue weighted by atomic mass is 79.9. The molecule has 162 valence electrons. The van der Waals surface area contributed by atoms with Gasteiger partial charge in [0.2, 0.25) is 0 Å². The second kappa shape index (κ2) is 10.1. The molecule has 9 heteroatoms. The van der Waals surface area contributed by atoms with Crippen LogP contribution in [0.4, 0.5) is 5.69 Å². The number of hydrogen-bond acceptors (Lipinski definition) is 5. The Morgan fingerprint density at radius 1 is 1.13 bits per heavy atom. The van der Waals surface area contributed by atoms with E-state index in [2.05, 4.69) is 21.2 Å². The van der Waals surface area contributed by atoms with E-state index in [4.69, 9.17) is 16.3 Å². The van der Waals surface area contributed by atoms with Gasteiger partial charge in [0, 0.05) is 10.2 Å². The third kappa shape index (κ3) is 5.14. The van der Waals surface area contributed by atoms with Gasteiger partial charge in [-0.2, -0.15) is 0 Å². The number of benzene rings is 2. The van der Waals surface area contributed by atoms with Crippen LogP contribution in [0.3, 0.4) is 0 Å². The van der Waals surface area contributed by atoms with Crippen LogP contribution in [0.15, 0.2) is 46.9 Å². The number of unbranched alkanes of at least 4 members (excludes halogenated alkanes) is 1. The quantitative estimate of drug-likeness (QED) is 0.421. The molecular weight excluding hydrogens is 488 g/mol. The molecule has 0 saturated heterocycles. The van der Waals surface area contributed by atoms with Crippen molar-refractivity contribution in [3.05, 3.63) is 63.1 Å². The molecular formula is C22H20BrClN2O5. The summed E-state index contributed by atoms with van der Waals surface area (Å²) in [6, 6.07) is 10.2. The lowest BCUT2D eigenvalue weighted by molar-refractivity contribution is -0.151. The Bertz CT molecular complexity index is 1010. The molecule has 0 bridgehead atoms. The van der Waals surface area contributed by atoms with Gasteiger partial charge in [-0.3, -0.25) is 19.3 Å². The summed E-state index contributed by atoms with van der Waals surface area (Å²) >= 11 is 9.26. The average molecular weight is 508 g/mol. The van der Waals surface area contributed by atoms with Gasteiger partial charge in [0.25, 0.3) is 17.7 Å². The molecule has 0 saturated carbocycles. The zero-order valence-corrected chi connectivity index (χ0v) is 19.0. The third-order valence-corrected chi connectivity index (χ3v) is 6.02. The number of nitrogens with zero attached hydrogens (tertiary/aromatic N) is 1. The van der Waals surface area contributed by atoms with Crippen molar-refractivity contribution in [2.75, 3.05) is 11.9 Å². The molecule has 1 atom stereocenters.